The fraction of sp³-hybridized carbons (Fsp3) is 0.714. The van der Waals surface area contributed by atoms with E-state index in [1.54, 1.807) is 14.0 Å². The summed E-state index contributed by atoms with van der Waals surface area (Å²) in [5.41, 5.74) is 0.950. The Morgan fingerprint density at radius 3 is 2.45 bits per heavy atom. The van der Waals surface area contributed by atoms with E-state index < -0.39 is 17.3 Å². The molecule has 1 N–H and O–H groups in total. The van der Waals surface area contributed by atoms with Crippen molar-refractivity contribution in [2.24, 2.45) is 17.8 Å². The van der Waals surface area contributed by atoms with Crippen LogP contribution in [0.3, 0.4) is 0 Å². The number of carbonyl (C=O) groups excluding carboxylic acids is 2. The fourth-order valence-electron chi connectivity index (χ4n) is 6.79. The third-order valence-corrected chi connectivity index (χ3v) is 9.98. The van der Waals surface area contributed by atoms with Crippen molar-refractivity contribution in [2.75, 3.05) is 39.9 Å². The number of likely N-dealkylation sites (tertiary alicyclic amines) is 1. The summed E-state index contributed by atoms with van der Waals surface area (Å²) in [7, 11) is 1.75. The van der Waals surface area contributed by atoms with Crippen LogP contribution in [0.25, 0.3) is 0 Å². The van der Waals surface area contributed by atoms with Crippen LogP contribution in [0.1, 0.15) is 51.5 Å². The van der Waals surface area contributed by atoms with E-state index in [1.165, 1.54) is 0 Å². The molecule has 0 radical (unpaired) electrons. The van der Waals surface area contributed by atoms with Crippen molar-refractivity contribution in [1.82, 2.24) is 10.2 Å². The Morgan fingerprint density at radius 1 is 1.05 bits per heavy atom. The van der Waals surface area contributed by atoms with Gasteiger partial charge in [0.05, 0.1) is 26.8 Å². The van der Waals surface area contributed by atoms with E-state index in [0.29, 0.717) is 50.5 Å². The Labute approximate surface area is 229 Å². The van der Waals surface area contributed by atoms with E-state index in [4.69, 9.17) is 9.47 Å². The van der Waals surface area contributed by atoms with Crippen LogP contribution in [0.15, 0.2) is 30.3 Å². The summed E-state index contributed by atoms with van der Waals surface area (Å²) in [6.45, 7) is 6.76. The predicted molar refractivity (Wildman–Crippen MR) is 143 cm³/mol. The molecule has 2 unspecified atom stereocenters. The number of hydrogen-bond donors (Lipinski definition) is 1. The Hall–Kier alpha value is -1.85. The number of fused-ring (bicyclic) bond motifs is 1. The van der Waals surface area contributed by atoms with E-state index in [0.717, 1.165) is 44.3 Å². The maximum atomic E-state index is 13.0. The number of quaternary nitrogens is 1. The first-order valence-corrected chi connectivity index (χ1v) is 15.1. The molecule has 1 aliphatic carbocycles. The lowest BCUT2D eigenvalue weighted by molar-refractivity contribution is -0.824. The van der Waals surface area contributed by atoms with Gasteiger partial charge in [-0.1, -0.05) is 30.3 Å². The van der Waals surface area contributed by atoms with E-state index >= 15 is 0 Å². The lowest BCUT2D eigenvalue weighted by Gasteiger charge is -2.43. The number of rotatable bonds is 10. The average Bonchev–Trinajstić information content (AvgIpc) is 3.33. The molecule has 2 saturated heterocycles. The van der Waals surface area contributed by atoms with Gasteiger partial charge in [-0.25, -0.2) is 8.10 Å². The quantitative estimate of drug-likeness (QED) is 0.269. The molecule has 38 heavy (non-hydrogen) atoms. The molecule has 212 valence electrons. The Morgan fingerprint density at radius 2 is 1.76 bits per heavy atom. The van der Waals surface area contributed by atoms with Gasteiger partial charge in [-0.2, -0.15) is 0 Å². The lowest BCUT2D eigenvalue weighted by Crippen LogP contribution is -2.54. The minimum absolute atomic E-state index is 0.168. The van der Waals surface area contributed by atoms with E-state index in [2.05, 4.69) is 10.2 Å². The molecule has 0 spiro atoms. The van der Waals surface area contributed by atoms with Crippen molar-refractivity contribution in [1.29, 1.82) is 0 Å². The molecule has 3 fully saturated rings. The molecule has 2 aliphatic heterocycles. The van der Waals surface area contributed by atoms with Gasteiger partial charge in [-0.05, 0) is 63.8 Å². The number of likely N-dealkylation sites (N-methyl/N-ethyl adjacent to an activating group) is 1. The molecule has 4 rings (SSSR count). The molecule has 1 aromatic carbocycles. The molecule has 0 amide bonds. The van der Waals surface area contributed by atoms with Crippen molar-refractivity contribution in [3.63, 3.8) is 0 Å². The molecule has 0 aromatic heterocycles. The molecule has 9 nitrogen and oxygen atoms in total. The van der Waals surface area contributed by atoms with Crippen molar-refractivity contribution in [2.45, 2.75) is 70.6 Å². The first-order valence-electron chi connectivity index (χ1n) is 14.0. The number of nitrogens with zero attached hydrogens (tertiary/aromatic N) is 2. The number of carbonyl (C=O) groups is 2. The van der Waals surface area contributed by atoms with Crippen LogP contribution in [0, 0.1) is 17.8 Å². The third-order valence-electron chi connectivity index (χ3n) is 8.87. The third kappa shape index (κ3) is 6.65. The SMILES string of the molecule is CCOC(=O)[C@@H]1C[C@H]2C[C@@H](CN3C[C@@H]([N+](C)(Cc4ccccc4)S(=O)[O-])C[C@H]3C(=O)OCC)CC[C@H]2CN1. The van der Waals surface area contributed by atoms with Crippen LogP contribution in [-0.2, 0) is 36.9 Å². The highest BCUT2D eigenvalue weighted by Gasteiger charge is 2.48. The molecule has 8 atom stereocenters. The molecule has 1 aromatic rings. The molecule has 2 heterocycles. The highest BCUT2D eigenvalue weighted by atomic mass is 32.2. The summed E-state index contributed by atoms with van der Waals surface area (Å²) in [6.07, 6.45) is 4.39. The molecule has 0 bridgehead atoms. The van der Waals surface area contributed by atoms with E-state index in [-0.39, 0.29) is 27.9 Å². The number of piperidine rings is 1. The number of ether oxygens (including phenoxy) is 2. The van der Waals surface area contributed by atoms with Gasteiger partial charge >= 0.3 is 11.9 Å². The maximum Gasteiger partial charge on any atom is 0.323 e. The summed E-state index contributed by atoms with van der Waals surface area (Å²) < 4.78 is 35.7. The van der Waals surface area contributed by atoms with Crippen LogP contribution in [0.4, 0.5) is 0 Å². The van der Waals surface area contributed by atoms with Crippen molar-refractivity contribution in [3.05, 3.63) is 35.9 Å². The zero-order valence-corrected chi connectivity index (χ0v) is 23.7. The summed E-state index contributed by atoms with van der Waals surface area (Å²) in [5, 5.41) is 3.37. The molecule has 3 aliphatic rings. The number of benzene rings is 1. The zero-order chi connectivity index (χ0) is 27.3. The minimum atomic E-state index is -2.37. The second kappa shape index (κ2) is 13.0. The highest BCUT2D eigenvalue weighted by Crippen LogP contribution is 2.40. The first kappa shape index (κ1) is 29.1. The van der Waals surface area contributed by atoms with Crippen LogP contribution >= 0.6 is 0 Å². The van der Waals surface area contributed by atoms with Gasteiger partial charge in [0, 0.05) is 18.5 Å². The van der Waals surface area contributed by atoms with Crippen molar-refractivity contribution < 1.29 is 31.7 Å². The Bertz CT molecular complexity index is 981. The Kier molecular flexibility index (Phi) is 9.97. The summed E-state index contributed by atoms with van der Waals surface area (Å²) >= 11 is -2.37. The van der Waals surface area contributed by atoms with Crippen molar-refractivity contribution >= 4 is 23.2 Å². The first-order chi connectivity index (χ1) is 18.2. The minimum Gasteiger partial charge on any atom is -0.724 e. The van der Waals surface area contributed by atoms with Gasteiger partial charge in [0.1, 0.15) is 35.9 Å². The average molecular weight is 550 g/mol. The van der Waals surface area contributed by atoms with Crippen molar-refractivity contribution in [3.8, 4) is 0 Å². The number of hydrogen-bond acceptors (Lipinski definition) is 8. The summed E-state index contributed by atoms with van der Waals surface area (Å²) in [4.78, 5) is 27.5. The lowest BCUT2D eigenvalue weighted by atomic mass is 9.69. The zero-order valence-electron chi connectivity index (χ0n) is 22.9. The van der Waals surface area contributed by atoms with E-state index in [1.807, 2.05) is 37.3 Å². The van der Waals surface area contributed by atoms with Gasteiger partial charge in [0.25, 0.3) is 0 Å². The normalized spacial score (nSPS) is 32.1. The smallest absolute Gasteiger partial charge is 0.323 e. The van der Waals surface area contributed by atoms with Crippen LogP contribution < -0.4 is 5.32 Å². The van der Waals surface area contributed by atoms with Gasteiger partial charge in [0.15, 0.2) is 0 Å². The summed E-state index contributed by atoms with van der Waals surface area (Å²) in [5.74, 6) is 0.947. The second-order valence-corrected chi connectivity index (χ2v) is 12.6. The Balaban J connectivity index is 1.46. The van der Waals surface area contributed by atoms with Crippen LogP contribution in [0.2, 0.25) is 0 Å². The fourth-order valence-corrected chi connectivity index (χ4v) is 7.44. The van der Waals surface area contributed by atoms with Crippen LogP contribution in [-0.4, -0.2) is 87.5 Å². The molecule has 10 heteroatoms. The molecular weight excluding hydrogens is 506 g/mol. The number of esters is 2. The second-order valence-electron chi connectivity index (χ2n) is 11.3. The molecular formula is C28H43N3O6S. The number of nitrogens with one attached hydrogen (secondary N) is 1. The standard InChI is InChI=1S/C28H43N3O6S/c1-4-36-27(32)25-14-23-13-21(11-12-22(23)16-29-25)17-30-18-24(15-26(30)28(33)37-5-2)31(3,38(34)35)19-20-9-7-6-8-10-20/h6-10,21-26,29H,4-5,11-19H2,1-3H3/t21-,22-,23+,24-,25-,26-,31?/m0/s1. The summed E-state index contributed by atoms with van der Waals surface area (Å²) in [6, 6.07) is 8.70. The topological polar surface area (TPSA) is 108 Å². The van der Waals surface area contributed by atoms with Gasteiger partial charge < -0.3 is 19.3 Å². The van der Waals surface area contributed by atoms with Crippen LogP contribution in [0.5, 0.6) is 0 Å². The van der Waals surface area contributed by atoms with Gasteiger partial charge in [0.2, 0.25) is 0 Å². The van der Waals surface area contributed by atoms with E-state index in [9.17, 15) is 18.4 Å². The van der Waals surface area contributed by atoms with Gasteiger partial charge in [-0.3, -0.25) is 14.5 Å². The maximum absolute atomic E-state index is 13.0. The van der Waals surface area contributed by atoms with Gasteiger partial charge in [-0.15, -0.1) is 0 Å². The predicted octanol–water partition coefficient (Wildman–Crippen LogP) is 2.39. The largest absolute Gasteiger partial charge is 0.724 e. The monoisotopic (exact) mass is 549 g/mol. The highest BCUT2D eigenvalue weighted by molar-refractivity contribution is 7.73. The molecule has 1 saturated carbocycles.